The molecule has 1 aromatic rings. The Kier molecular flexibility index (Phi) is 13.2. The van der Waals surface area contributed by atoms with Gasteiger partial charge in [0.15, 0.2) is 24.5 Å². The van der Waals surface area contributed by atoms with Crippen LogP contribution in [0.1, 0.15) is 47.1 Å². The molecule has 42 heavy (non-hydrogen) atoms. The van der Waals surface area contributed by atoms with Gasteiger partial charge in [0.2, 0.25) is 0 Å². The molecule has 234 valence electrons. The van der Waals surface area contributed by atoms with E-state index in [0.29, 0.717) is 0 Å². The molecule has 6 atom stereocenters. The molecule has 1 saturated heterocycles. The zero-order valence-corrected chi connectivity index (χ0v) is 24.9. The molecule has 2 rings (SSSR count). The Morgan fingerprint density at radius 3 is 2.10 bits per heavy atom. The van der Waals surface area contributed by atoms with Crippen LogP contribution < -0.4 is 10.6 Å². The van der Waals surface area contributed by atoms with Crippen molar-refractivity contribution in [3.63, 3.8) is 0 Å². The van der Waals surface area contributed by atoms with E-state index in [-0.39, 0.29) is 13.2 Å². The molecule has 0 unspecified atom stereocenters. The summed E-state index contributed by atoms with van der Waals surface area (Å²) in [6, 6.07) is 6.97. The second kappa shape index (κ2) is 16.0. The summed E-state index contributed by atoms with van der Waals surface area (Å²) in [7, 11) is 1.14. The Morgan fingerprint density at radius 2 is 1.55 bits per heavy atom. The number of carbonyl (C=O) groups is 5. The van der Waals surface area contributed by atoms with Crippen molar-refractivity contribution in [2.24, 2.45) is 0 Å². The molecule has 0 aromatic heterocycles. The predicted octanol–water partition coefficient (Wildman–Crippen LogP) is 1.38. The van der Waals surface area contributed by atoms with Crippen LogP contribution in [0.5, 0.6) is 0 Å². The van der Waals surface area contributed by atoms with Crippen molar-refractivity contribution in [1.82, 2.24) is 10.6 Å². The number of nitrogens with one attached hydrogen (secondary N) is 2. The second-order valence-electron chi connectivity index (χ2n) is 10.4. The largest absolute Gasteiger partial charge is 0.467 e. The average Bonchev–Trinajstić information content (AvgIpc) is 2.89. The average molecular weight is 597 g/mol. The fourth-order valence-electron chi connectivity index (χ4n) is 4.04. The molecular weight excluding hydrogens is 556 g/mol. The summed E-state index contributed by atoms with van der Waals surface area (Å²) in [5.41, 5.74) is 0.0280. The van der Waals surface area contributed by atoms with Gasteiger partial charge in [-0.25, -0.2) is 9.59 Å². The maximum Gasteiger partial charge on any atom is 0.408 e. The molecule has 0 radical (unpaired) electrons. The minimum Gasteiger partial charge on any atom is -0.467 e. The summed E-state index contributed by atoms with van der Waals surface area (Å²) in [5, 5.41) is 5.62. The second-order valence-corrected chi connectivity index (χ2v) is 10.4. The molecule has 14 nitrogen and oxygen atoms in total. The van der Waals surface area contributed by atoms with Crippen LogP contribution in [0.3, 0.4) is 0 Å². The number of ether oxygens (including phenoxy) is 7. The Balaban J connectivity index is 2.41. The first kappa shape index (κ1) is 34.5. The third-order valence-electron chi connectivity index (χ3n) is 5.69. The van der Waals surface area contributed by atoms with Gasteiger partial charge in [0.25, 0.3) is 0 Å². The lowest BCUT2D eigenvalue weighted by molar-refractivity contribution is -0.279. The summed E-state index contributed by atoms with van der Waals surface area (Å²) < 4.78 is 38.3. The van der Waals surface area contributed by atoms with Crippen molar-refractivity contribution < 1.29 is 57.1 Å². The molecular formula is C28H40N2O12. The minimum absolute atomic E-state index is 0.254. The first-order chi connectivity index (χ1) is 19.7. The molecule has 0 bridgehead atoms. The Bertz CT molecular complexity index is 1070. The molecule has 1 amide bonds. The van der Waals surface area contributed by atoms with Crippen LogP contribution in [0.2, 0.25) is 0 Å². The SMILES string of the molecule is COC(=O)[C@H](CO[C@@H]1O[C@H](COC(C)=O)[C@@H](OC(C)=O)[C@H](OC(C)=O)[C@H]1NCc1ccccc1)NC(=O)OC(C)(C)C. The number of amides is 1. The van der Waals surface area contributed by atoms with Crippen molar-refractivity contribution in [2.75, 3.05) is 20.3 Å². The van der Waals surface area contributed by atoms with Gasteiger partial charge in [-0.2, -0.15) is 0 Å². The zero-order valence-electron chi connectivity index (χ0n) is 24.9. The Morgan fingerprint density at radius 1 is 0.929 bits per heavy atom. The monoisotopic (exact) mass is 596 g/mol. The van der Waals surface area contributed by atoms with Gasteiger partial charge in [0.05, 0.1) is 19.8 Å². The zero-order chi connectivity index (χ0) is 31.4. The molecule has 1 aliphatic rings. The third-order valence-corrected chi connectivity index (χ3v) is 5.69. The Hall–Kier alpha value is -3.75. The van der Waals surface area contributed by atoms with Gasteiger partial charge in [-0.1, -0.05) is 30.3 Å². The van der Waals surface area contributed by atoms with Gasteiger partial charge in [-0.3, -0.25) is 14.4 Å². The van der Waals surface area contributed by atoms with E-state index in [9.17, 15) is 24.0 Å². The minimum atomic E-state index is -1.31. The molecule has 0 spiro atoms. The van der Waals surface area contributed by atoms with Crippen LogP contribution in [0.25, 0.3) is 0 Å². The lowest BCUT2D eigenvalue weighted by atomic mass is 9.95. The van der Waals surface area contributed by atoms with E-state index in [4.69, 9.17) is 33.2 Å². The van der Waals surface area contributed by atoms with Crippen LogP contribution in [-0.2, 0) is 58.9 Å². The Labute approximate surface area is 244 Å². The molecule has 1 aliphatic heterocycles. The number of hydrogen-bond donors (Lipinski definition) is 2. The normalized spacial score (nSPS) is 22.7. The molecule has 1 fully saturated rings. The van der Waals surface area contributed by atoms with Crippen molar-refractivity contribution in [3.8, 4) is 0 Å². The van der Waals surface area contributed by atoms with Crippen LogP contribution >= 0.6 is 0 Å². The van der Waals surface area contributed by atoms with Crippen molar-refractivity contribution in [1.29, 1.82) is 0 Å². The standard InChI is InChI=1S/C28H40N2O12/c1-16(31)37-15-21-23(39-17(2)32)24(40-18(3)33)22(29-13-19-11-9-8-10-12-19)26(41-21)38-14-20(25(34)36-7)30-27(35)42-28(4,5)6/h8-12,20-24,26,29H,13-15H2,1-7H3,(H,30,35)/t20-,21+,22+,23+,24+,26+/m0/s1. The van der Waals surface area contributed by atoms with Crippen LogP contribution in [-0.4, -0.2) is 92.6 Å². The van der Waals surface area contributed by atoms with Crippen molar-refractivity contribution in [3.05, 3.63) is 35.9 Å². The highest BCUT2D eigenvalue weighted by Gasteiger charge is 2.51. The summed E-state index contributed by atoms with van der Waals surface area (Å²) in [5.74, 6) is -2.83. The number of alkyl carbamates (subject to hydrolysis) is 1. The van der Waals surface area contributed by atoms with E-state index in [1.807, 2.05) is 30.3 Å². The highest BCUT2D eigenvalue weighted by atomic mass is 16.7. The number of carbonyl (C=O) groups excluding carboxylic acids is 5. The molecule has 1 heterocycles. The summed E-state index contributed by atoms with van der Waals surface area (Å²) in [4.78, 5) is 60.7. The van der Waals surface area contributed by atoms with E-state index < -0.39 is 78.9 Å². The number of rotatable bonds is 12. The van der Waals surface area contributed by atoms with Crippen LogP contribution in [0.4, 0.5) is 4.79 Å². The first-order valence-corrected chi connectivity index (χ1v) is 13.3. The van der Waals surface area contributed by atoms with Gasteiger partial charge in [0.1, 0.15) is 18.3 Å². The smallest absolute Gasteiger partial charge is 0.408 e. The maximum atomic E-state index is 12.5. The highest BCUT2D eigenvalue weighted by molar-refractivity contribution is 5.81. The van der Waals surface area contributed by atoms with Crippen LogP contribution in [0, 0.1) is 0 Å². The number of benzene rings is 1. The van der Waals surface area contributed by atoms with Gasteiger partial charge >= 0.3 is 30.0 Å². The van der Waals surface area contributed by atoms with E-state index in [2.05, 4.69) is 10.6 Å². The fourth-order valence-corrected chi connectivity index (χ4v) is 4.04. The molecule has 14 heteroatoms. The maximum absolute atomic E-state index is 12.5. The summed E-state index contributed by atoms with van der Waals surface area (Å²) in [6.45, 7) is 7.96. The predicted molar refractivity (Wildman–Crippen MR) is 145 cm³/mol. The first-order valence-electron chi connectivity index (χ1n) is 13.3. The highest BCUT2D eigenvalue weighted by Crippen LogP contribution is 2.28. The molecule has 2 N–H and O–H groups in total. The van der Waals surface area contributed by atoms with Gasteiger partial charge in [-0.15, -0.1) is 0 Å². The fraction of sp³-hybridized carbons (Fsp3) is 0.607. The number of esters is 4. The van der Waals surface area contributed by atoms with E-state index >= 15 is 0 Å². The molecule has 0 aliphatic carbocycles. The quantitative estimate of drug-likeness (QED) is 0.262. The van der Waals surface area contributed by atoms with E-state index in [1.165, 1.54) is 20.8 Å². The lowest BCUT2D eigenvalue weighted by Gasteiger charge is -2.45. The third kappa shape index (κ3) is 11.6. The van der Waals surface area contributed by atoms with Crippen LogP contribution in [0.15, 0.2) is 30.3 Å². The van der Waals surface area contributed by atoms with Gasteiger partial charge in [0, 0.05) is 27.3 Å². The van der Waals surface area contributed by atoms with Crippen molar-refractivity contribution in [2.45, 2.75) is 90.4 Å². The topological polar surface area (TPSA) is 174 Å². The molecule has 1 aromatic carbocycles. The number of methoxy groups -OCH3 is 1. The van der Waals surface area contributed by atoms with E-state index in [0.717, 1.165) is 12.7 Å². The molecule has 0 saturated carbocycles. The number of hydrogen-bond acceptors (Lipinski definition) is 13. The summed E-state index contributed by atoms with van der Waals surface area (Å²) >= 11 is 0. The van der Waals surface area contributed by atoms with Gasteiger partial charge in [-0.05, 0) is 26.3 Å². The van der Waals surface area contributed by atoms with Crippen molar-refractivity contribution >= 4 is 30.0 Å². The van der Waals surface area contributed by atoms with Gasteiger partial charge < -0.3 is 43.8 Å². The lowest BCUT2D eigenvalue weighted by Crippen LogP contribution is -2.66. The van der Waals surface area contributed by atoms with E-state index in [1.54, 1.807) is 20.8 Å². The summed E-state index contributed by atoms with van der Waals surface area (Å²) in [6.07, 6.45) is -5.65.